The number of hydrogen-bond acceptors (Lipinski definition) is 0. The molecule has 2 heteroatoms. The number of benzene rings is 1. The average Bonchev–Trinajstić information content (AvgIpc) is 2.03. The van der Waals surface area contributed by atoms with Crippen molar-refractivity contribution in [2.45, 2.75) is 6.43 Å². The van der Waals surface area contributed by atoms with Crippen molar-refractivity contribution in [3.8, 4) is 0 Å². The Labute approximate surface area is 64.2 Å². The molecular formula is C9H8F2. The quantitative estimate of drug-likeness (QED) is 0.614. The van der Waals surface area contributed by atoms with Gasteiger partial charge in [-0.05, 0) is 11.6 Å². The van der Waals surface area contributed by atoms with Gasteiger partial charge in [0, 0.05) is 0 Å². The predicted octanol–water partition coefficient (Wildman–Crippen LogP) is 2.96. The predicted molar refractivity (Wildman–Crippen MR) is 41.5 cm³/mol. The Kier molecular flexibility index (Phi) is 2.78. The monoisotopic (exact) mass is 154 g/mol. The summed E-state index contributed by atoms with van der Waals surface area (Å²) in [5.41, 5.74) is 0.799. The zero-order valence-electron chi connectivity index (χ0n) is 5.87. The van der Waals surface area contributed by atoms with Crippen molar-refractivity contribution in [3.05, 3.63) is 42.0 Å². The largest absolute Gasteiger partial charge is 0.257 e. The molecule has 0 aliphatic carbocycles. The van der Waals surface area contributed by atoms with E-state index >= 15 is 0 Å². The van der Waals surface area contributed by atoms with Crippen molar-refractivity contribution >= 4 is 6.08 Å². The Bertz CT molecular complexity index is 227. The van der Waals surface area contributed by atoms with Gasteiger partial charge in [-0.3, -0.25) is 0 Å². The van der Waals surface area contributed by atoms with Crippen LogP contribution in [0.2, 0.25) is 0 Å². The fraction of sp³-hybridized carbons (Fsp3) is 0.111. The molecule has 0 bridgehead atoms. The number of alkyl halides is 2. The molecule has 0 nitrogen and oxygen atoms in total. The first-order valence-corrected chi connectivity index (χ1v) is 3.30. The zero-order valence-corrected chi connectivity index (χ0v) is 5.87. The summed E-state index contributed by atoms with van der Waals surface area (Å²) >= 11 is 0. The first-order chi connectivity index (χ1) is 5.29. The number of hydrogen-bond donors (Lipinski definition) is 0. The van der Waals surface area contributed by atoms with Crippen LogP contribution in [0.3, 0.4) is 0 Å². The van der Waals surface area contributed by atoms with Crippen LogP contribution >= 0.6 is 0 Å². The molecule has 11 heavy (non-hydrogen) atoms. The van der Waals surface area contributed by atoms with Gasteiger partial charge in [0.15, 0.2) is 0 Å². The van der Waals surface area contributed by atoms with Crippen molar-refractivity contribution in [1.29, 1.82) is 0 Å². The van der Waals surface area contributed by atoms with Crippen LogP contribution < -0.4 is 0 Å². The third kappa shape index (κ3) is 2.94. The highest BCUT2D eigenvalue weighted by atomic mass is 19.3. The Morgan fingerprint density at radius 2 is 1.73 bits per heavy atom. The van der Waals surface area contributed by atoms with Gasteiger partial charge in [0.1, 0.15) is 0 Å². The van der Waals surface area contributed by atoms with E-state index in [1.54, 1.807) is 12.1 Å². The molecule has 0 radical (unpaired) electrons. The van der Waals surface area contributed by atoms with Gasteiger partial charge in [-0.25, -0.2) is 8.78 Å². The second-order valence-electron chi connectivity index (χ2n) is 2.10. The molecule has 0 saturated heterocycles. The lowest BCUT2D eigenvalue weighted by Crippen LogP contribution is -1.79. The molecule has 0 saturated carbocycles. The first kappa shape index (κ1) is 7.92. The highest BCUT2D eigenvalue weighted by Gasteiger charge is 1.91. The van der Waals surface area contributed by atoms with E-state index in [-0.39, 0.29) is 0 Å². The lowest BCUT2D eigenvalue weighted by molar-refractivity contribution is 0.205. The van der Waals surface area contributed by atoms with Crippen molar-refractivity contribution < 1.29 is 8.78 Å². The van der Waals surface area contributed by atoms with Crippen LogP contribution in [0.1, 0.15) is 5.56 Å². The molecule has 0 amide bonds. The molecule has 1 aromatic rings. The van der Waals surface area contributed by atoms with E-state index in [4.69, 9.17) is 0 Å². The average molecular weight is 154 g/mol. The Morgan fingerprint density at radius 1 is 1.09 bits per heavy atom. The van der Waals surface area contributed by atoms with Crippen LogP contribution in [-0.4, -0.2) is 6.43 Å². The van der Waals surface area contributed by atoms with E-state index in [2.05, 4.69) is 0 Å². The maximum Gasteiger partial charge on any atom is 0.257 e. The molecule has 0 aliphatic heterocycles. The van der Waals surface area contributed by atoms with Crippen LogP contribution in [0.25, 0.3) is 6.08 Å². The van der Waals surface area contributed by atoms with E-state index in [0.29, 0.717) is 0 Å². The molecule has 0 aromatic heterocycles. The Hall–Kier alpha value is -1.18. The molecule has 1 aromatic carbocycles. The van der Waals surface area contributed by atoms with Crippen LogP contribution in [0.4, 0.5) is 8.78 Å². The van der Waals surface area contributed by atoms with Gasteiger partial charge in [-0.15, -0.1) is 0 Å². The first-order valence-electron chi connectivity index (χ1n) is 3.30. The summed E-state index contributed by atoms with van der Waals surface area (Å²) in [6.45, 7) is 0. The fourth-order valence-corrected chi connectivity index (χ4v) is 0.748. The van der Waals surface area contributed by atoms with Crippen LogP contribution in [0.15, 0.2) is 36.4 Å². The molecule has 0 aliphatic rings. The van der Waals surface area contributed by atoms with Gasteiger partial charge in [0.05, 0.1) is 0 Å². The summed E-state index contributed by atoms with van der Waals surface area (Å²) in [6, 6.07) is 9.02. The lowest BCUT2D eigenvalue weighted by Gasteiger charge is -1.90. The van der Waals surface area contributed by atoms with Gasteiger partial charge in [-0.1, -0.05) is 36.4 Å². The molecule has 0 N–H and O–H groups in total. The summed E-state index contributed by atoms with van der Waals surface area (Å²) in [6.07, 6.45) is -0.0878. The summed E-state index contributed by atoms with van der Waals surface area (Å²) in [7, 11) is 0. The standard InChI is InChI=1S/C9H8F2/c10-9(11)7-6-8-4-2-1-3-5-8/h1-7,9H/b7-6-. The molecule has 0 fully saturated rings. The number of allylic oxidation sites excluding steroid dienone is 1. The molecule has 0 atom stereocenters. The minimum atomic E-state index is -2.37. The normalized spacial score (nSPS) is 11.2. The molecule has 0 unspecified atom stereocenters. The van der Waals surface area contributed by atoms with Crippen molar-refractivity contribution in [1.82, 2.24) is 0 Å². The molecule has 1 rings (SSSR count). The van der Waals surface area contributed by atoms with Gasteiger partial charge >= 0.3 is 0 Å². The molecule has 58 valence electrons. The number of rotatable bonds is 2. The maximum absolute atomic E-state index is 11.6. The minimum absolute atomic E-state index is 0.799. The van der Waals surface area contributed by atoms with Crippen LogP contribution in [-0.2, 0) is 0 Å². The summed E-state index contributed by atoms with van der Waals surface area (Å²) in [5.74, 6) is 0. The van der Waals surface area contributed by atoms with Gasteiger partial charge in [-0.2, -0.15) is 0 Å². The minimum Gasteiger partial charge on any atom is -0.206 e. The maximum atomic E-state index is 11.6. The molecule has 0 spiro atoms. The molecular weight excluding hydrogens is 146 g/mol. The Morgan fingerprint density at radius 3 is 2.27 bits per heavy atom. The van der Waals surface area contributed by atoms with E-state index < -0.39 is 6.43 Å². The van der Waals surface area contributed by atoms with Crippen molar-refractivity contribution in [2.24, 2.45) is 0 Å². The van der Waals surface area contributed by atoms with E-state index in [9.17, 15) is 8.78 Å². The van der Waals surface area contributed by atoms with Gasteiger partial charge in [0.2, 0.25) is 0 Å². The van der Waals surface area contributed by atoms with Crippen LogP contribution in [0.5, 0.6) is 0 Å². The van der Waals surface area contributed by atoms with E-state index in [1.165, 1.54) is 6.08 Å². The summed E-state index contributed by atoms with van der Waals surface area (Å²) in [5, 5.41) is 0. The van der Waals surface area contributed by atoms with Gasteiger partial charge in [0.25, 0.3) is 6.43 Å². The van der Waals surface area contributed by atoms with Crippen molar-refractivity contribution in [3.63, 3.8) is 0 Å². The van der Waals surface area contributed by atoms with E-state index in [1.807, 2.05) is 18.2 Å². The second kappa shape index (κ2) is 3.86. The topological polar surface area (TPSA) is 0 Å². The highest BCUT2D eigenvalue weighted by Crippen LogP contribution is 2.03. The summed E-state index contributed by atoms with van der Waals surface area (Å²) < 4.78 is 23.3. The number of halogens is 2. The lowest BCUT2D eigenvalue weighted by atomic mass is 10.2. The second-order valence-corrected chi connectivity index (χ2v) is 2.10. The summed E-state index contributed by atoms with van der Waals surface area (Å²) in [4.78, 5) is 0. The van der Waals surface area contributed by atoms with E-state index in [0.717, 1.165) is 11.6 Å². The van der Waals surface area contributed by atoms with Crippen LogP contribution in [0, 0.1) is 0 Å². The van der Waals surface area contributed by atoms with Gasteiger partial charge < -0.3 is 0 Å². The fourth-order valence-electron chi connectivity index (χ4n) is 0.748. The Balaban J connectivity index is 2.65. The smallest absolute Gasteiger partial charge is 0.206 e. The molecule has 0 heterocycles. The van der Waals surface area contributed by atoms with Crippen molar-refractivity contribution in [2.75, 3.05) is 0 Å². The SMILES string of the molecule is FC(F)/C=C\c1ccccc1. The highest BCUT2D eigenvalue weighted by molar-refractivity contribution is 5.48. The third-order valence-electron chi connectivity index (χ3n) is 1.23. The zero-order chi connectivity index (χ0) is 8.10. The third-order valence-corrected chi connectivity index (χ3v) is 1.23.